The van der Waals surface area contributed by atoms with Crippen LogP contribution in [0.15, 0.2) is 24.3 Å². The smallest absolute Gasteiger partial charge is 0.331 e. The van der Waals surface area contributed by atoms with E-state index in [0.29, 0.717) is 5.56 Å². The highest BCUT2D eigenvalue weighted by molar-refractivity contribution is 5.87. The number of esters is 1. The Bertz CT molecular complexity index is 628. The number of aromatic hydroxyl groups is 2. The highest BCUT2D eigenvalue weighted by atomic mass is 16.5. The predicted molar refractivity (Wildman–Crippen MR) is 123 cm³/mol. The van der Waals surface area contributed by atoms with E-state index in [4.69, 9.17) is 14.9 Å². The van der Waals surface area contributed by atoms with Gasteiger partial charge in [-0.15, -0.1) is 0 Å². The van der Waals surface area contributed by atoms with Crippen molar-refractivity contribution in [1.82, 2.24) is 0 Å². The summed E-state index contributed by atoms with van der Waals surface area (Å²) >= 11 is 0. The molecule has 0 radical (unpaired) electrons. The lowest BCUT2D eigenvalue weighted by Gasteiger charge is -2.17. The quantitative estimate of drug-likeness (QED) is 0.111. The summed E-state index contributed by atoms with van der Waals surface area (Å²) in [6.45, 7) is 0.488. The number of hydrogen-bond donors (Lipinski definition) is 4. The summed E-state index contributed by atoms with van der Waals surface area (Å²) in [5.74, 6) is -0.834. The summed E-state index contributed by atoms with van der Waals surface area (Å²) in [5, 5.41) is 36.6. The molecule has 1 rings (SSSR count). The zero-order chi connectivity index (χ0) is 22.7. The fraction of sp³-hybridized carbons (Fsp3) is 0.640. The Morgan fingerprint density at radius 3 is 1.81 bits per heavy atom. The Morgan fingerprint density at radius 2 is 1.29 bits per heavy atom. The van der Waals surface area contributed by atoms with E-state index < -0.39 is 5.97 Å². The molecule has 6 nitrogen and oxygen atoms in total. The molecule has 0 aromatic heterocycles. The lowest BCUT2D eigenvalue weighted by Crippen LogP contribution is -2.17. The molecular formula is C25H40O6. The summed E-state index contributed by atoms with van der Waals surface area (Å²) < 4.78 is 5.68. The van der Waals surface area contributed by atoms with Gasteiger partial charge in [-0.05, 0) is 62.3 Å². The van der Waals surface area contributed by atoms with Crippen LogP contribution in [0.1, 0.15) is 89.0 Å². The number of aliphatic hydroxyl groups is 2. The highest BCUT2D eigenvalue weighted by Gasteiger charge is 2.13. The van der Waals surface area contributed by atoms with Crippen LogP contribution in [0, 0.1) is 0 Å². The van der Waals surface area contributed by atoms with Crippen LogP contribution in [0.25, 0.3) is 6.08 Å². The molecule has 1 atom stereocenters. The van der Waals surface area contributed by atoms with E-state index in [2.05, 4.69) is 0 Å². The van der Waals surface area contributed by atoms with Crippen LogP contribution in [0.5, 0.6) is 11.5 Å². The Kier molecular flexibility index (Phi) is 15.3. The van der Waals surface area contributed by atoms with E-state index in [1.165, 1.54) is 24.6 Å². The Hall–Kier alpha value is -2.05. The second-order valence-electron chi connectivity index (χ2n) is 8.05. The number of aliphatic hydroxyl groups excluding tert-OH is 2. The van der Waals surface area contributed by atoms with Crippen molar-refractivity contribution in [1.29, 1.82) is 0 Å². The Balaban J connectivity index is 2.42. The number of hydrogen-bond acceptors (Lipinski definition) is 6. The third-order valence-corrected chi connectivity index (χ3v) is 5.31. The molecule has 0 saturated heterocycles. The van der Waals surface area contributed by atoms with Crippen molar-refractivity contribution in [3.8, 4) is 11.5 Å². The van der Waals surface area contributed by atoms with E-state index in [9.17, 15) is 15.0 Å². The number of carbonyl (C=O) groups is 1. The molecule has 0 amide bonds. The maximum atomic E-state index is 12.3. The second kappa shape index (κ2) is 17.6. The van der Waals surface area contributed by atoms with Gasteiger partial charge < -0.3 is 25.2 Å². The van der Waals surface area contributed by atoms with Gasteiger partial charge in [-0.1, -0.05) is 51.0 Å². The van der Waals surface area contributed by atoms with Crippen molar-refractivity contribution >= 4 is 12.0 Å². The van der Waals surface area contributed by atoms with Crippen LogP contribution < -0.4 is 0 Å². The van der Waals surface area contributed by atoms with Gasteiger partial charge in [0.25, 0.3) is 0 Å². The number of phenols is 2. The van der Waals surface area contributed by atoms with Crippen molar-refractivity contribution in [3.63, 3.8) is 0 Å². The number of carbonyl (C=O) groups excluding carboxylic acids is 1. The summed E-state index contributed by atoms with van der Waals surface area (Å²) in [4.78, 5) is 12.3. The van der Waals surface area contributed by atoms with Crippen LogP contribution in [-0.2, 0) is 9.53 Å². The maximum absolute atomic E-state index is 12.3. The van der Waals surface area contributed by atoms with Gasteiger partial charge >= 0.3 is 5.97 Å². The minimum Gasteiger partial charge on any atom is -0.504 e. The average Bonchev–Trinajstić information content (AvgIpc) is 2.76. The first-order valence-corrected chi connectivity index (χ1v) is 11.7. The predicted octanol–water partition coefficient (Wildman–Crippen LogP) is 5.08. The topological polar surface area (TPSA) is 107 Å². The van der Waals surface area contributed by atoms with Crippen LogP contribution in [-0.4, -0.2) is 45.7 Å². The van der Waals surface area contributed by atoms with E-state index in [1.54, 1.807) is 12.1 Å². The molecule has 31 heavy (non-hydrogen) atoms. The summed E-state index contributed by atoms with van der Waals surface area (Å²) in [7, 11) is 0. The molecule has 0 aliphatic carbocycles. The molecule has 1 aromatic carbocycles. The first-order chi connectivity index (χ1) is 15.1. The highest BCUT2D eigenvalue weighted by Crippen LogP contribution is 2.25. The molecule has 0 aliphatic heterocycles. The normalized spacial score (nSPS) is 12.3. The molecule has 4 N–H and O–H groups in total. The van der Waals surface area contributed by atoms with Gasteiger partial charge in [-0.2, -0.15) is 0 Å². The molecule has 0 bridgehead atoms. The molecule has 176 valence electrons. The average molecular weight is 437 g/mol. The van der Waals surface area contributed by atoms with Crippen molar-refractivity contribution in [2.24, 2.45) is 0 Å². The van der Waals surface area contributed by atoms with Crippen LogP contribution >= 0.6 is 0 Å². The van der Waals surface area contributed by atoms with Crippen LogP contribution in [0.2, 0.25) is 0 Å². The van der Waals surface area contributed by atoms with Gasteiger partial charge in [0.1, 0.15) is 6.10 Å². The molecule has 0 unspecified atom stereocenters. The minimum absolute atomic E-state index is 0.117. The summed E-state index contributed by atoms with van der Waals surface area (Å²) in [6.07, 6.45) is 15.8. The van der Waals surface area contributed by atoms with E-state index >= 15 is 0 Å². The molecule has 0 spiro atoms. The van der Waals surface area contributed by atoms with E-state index in [-0.39, 0.29) is 30.8 Å². The van der Waals surface area contributed by atoms with E-state index in [0.717, 1.165) is 77.0 Å². The van der Waals surface area contributed by atoms with Gasteiger partial charge in [-0.3, -0.25) is 0 Å². The summed E-state index contributed by atoms with van der Waals surface area (Å²) in [5.41, 5.74) is 0.606. The second-order valence-corrected chi connectivity index (χ2v) is 8.05. The van der Waals surface area contributed by atoms with Crippen molar-refractivity contribution in [2.75, 3.05) is 13.2 Å². The van der Waals surface area contributed by atoms with Crippen molar-refractivity contribution in [2.45, 2.75) is 89.6 Å². The standard InChI is InChI=1S/C25H40O6/c26-18-10-6-3-1-2-4-8-12-22(13-9-5-7-11-19-27)31-25(30)17-15-21-14-16-23(28)24(29)20-21/h14-17,20,22,26-29H,1-13,18-19H2/b17-15+/t22-/m1/s1. The van der Waals surface area contributed by atoms with Gasteiger partial charge in [0.15, 0.2) is 11.5 Å². The van der Waals surface area contributed by atoms with Crippen LogP contribution in [0.4, 0.5) is 0 Å². The Morgan fingerprint density at radius 1 is 0.774 bits per heavy atom. The molecule has 0 fully saturated rings. The third-order valence-electron chi connectivity index (χ3n) is 5.31. The van der Waals surface area contributed by atoms with Gasteiger partial charge in [0, 0.05) is 19.3 Å². The molecular weight excluding hydrogens is 396 g/mol. The molecule has 1 aromatic rings. The fourth-order valence-electron chi connectivity index (χ4n) is 3.48. The zero-order valence-corrected chi connectivity index (χ0v) is 18.7. The lowest BCUT2D eigenvalue weighted by molar-refractivity contribution is -0.143. The number of rotatable bonds is 18. The number of unbranched alkanes of at least 4 members (excludes halogenated alkanes) is 9. The first kappa shape index (κ1) is 27.0. The zero-order valence-electron chi connectivity index (χ0n) is 18.7. The summed E-state index contributed by atoms with van der Waals surface area (Å²) in [6, 6.07) is 4.37. The van der Waals surface area contributed by atoms with Crippen LogP contribution in [0.3, 0.4) is 0 Å². The van der Waals surface area contributed by atoms with Crippen molar-refractivity contribution in [3.05, 3.63) is 29.8 Å². The molecule has 0 aliphatic rings. The third kappa shape index (κ3) is 13.8. The maximum Gasteiger partial charge on any atom is 0.331 e. The minimum atomic E-state index is -0.406. The molecule has 6 heteroatoms. The number of benzene rings is 1. The lowest BCUT2D eigenvalue weighted by atomic mass is 10.0. The van der Waals surface area contributed by atoms with Crippen molar-refractivity contribution < 1.29 is 30.0 Å². The first-order valence-electron chi connectivity index (χ1n) is 11.7. The fourth-order valence-corrected chi connectivity index (χ4v) is 3.48. The monoisotopic (exact) mass is 436 g/mol. The molecule has 0 saturated carbocycles. The van der Waals surface area contributed by atoms with Gasteiger partial charge in [0.05, 0.1) is 0 Å². The van der Waals surface area contributed by atoms with Gasteiger partial charge in [0.2, 0.25) is 0 Å². The SMILES string of the molecule is O=C(/C=C/c1ccc(O)c(O)c1)O[C@@H](CCCCCCO)CCCCCCCCCO. The van der Waals surface area contributed by atoms with E-state index in [1.807, 2.05) is 0 Å². The van der Waals surface area contributed by atoms with Gasteiger partial charge in [-0.25, -0.2) is 4.79 Å². The number of phenolic OH excluding ortho intramolecular Hbond substituents is 2. The molecule has 0 heterocycles. The number of ether oxygens (including phenoxy) is 1. The largest absolute Gasteiger partial charge is 0.504 e. The Labute approximate surface area is 186 Å².